The molecule has 0 saturated carbocycles. The summed E-state index contributed by atoms with van der Waals surface area (Å²) in [5.41, 5.74) is 0.934. The molecular weight excluding hydrogens is 264 g/mol. The fraction of sp³-hybridized carbons (Fsp3) is 0.500. The van der Waals surface area contributed by atoms with Crippen molar-refractivity contribution in [2.45, 2.75) is 19.9 Å². The molecule has 0 aromatic heterocycles. The third-order valence-corrected chi connectivity index (χ3v) is 4.01. The summed E-state index contributed by atoms with van der Waals surface area (Å²) < 4.78 is 0. The Bertz CT molecular complexity index is 479. The summed E-state index contributed by atoms with van der Waals surface area (Å²) in [6.45, 7) is 7.86. The Morgan fingerprint density at radius 1 is 1.47 bits per heavy atom. The van der Waals surface area contributed by atoms with Crippen molar-refractivity contribution in [1.82, 2.24) is 4.90 Å². The number of carboxylic acids is 1. The van der Waals surface area contributed by atoms with Crippen LogP contribution in [0.25, 0.3) is 0 Å². The zero-order valence-corrected chi connectivity index (χ0v) is 12.0. The predicted octanol–water partition coefficient (Wildman–Crippen LogP) is 2.57. The van der Waals surface area contributed by atoms with Gasteiger partial charge in [-0.15, -0.1) is 0 Å². The van der Waals surface area contributed by atoms with Crippen LogP contribution in [0.3, 0.4) is 0 Å². The van der Waals surface area contributed by atoms with Crippen molar-refractivity contribution in [2.75, 3.05) is 31.1 Å². The Kier molecular flexibility index (Phi) is 4.32. The van der Waals surface area contributed by atoms with Crippen LogP contribution >= 0.6 is 11.6 Å². The number of carboxylic acid groups (broad SMARTS) is 1. The molecule has 19 heavy (non-hydrogen) atoms. The van der Waals surface area contributed by atoms with E-state index < -0.39 is 5.97 Å². The van der Waals surface area contributed by atoms with E-state index in [0.29, 0.717) is 16.8 Å². The van der Waals surface area contributed by atoms with Crippen LogP contribution in [0.2, 0.25) is 5.02 Å². The second-order valence-electron chi connectivity index (χ2n) is 4.86. The lowest BCUT2D eigenvalue weighted by Crippen LogP contribution is -2.52. The van der Waals surface area contributed by atoms with Crippen molar-refractivity contribution in [1.29, 1.82) is 0 Å². The van der Waals surface area contributed by atoms with Gasteiger partial charge in [0.1, 0.15) is 0 Å². The molecule has 0 radical (unpaired) electrons. The highest BCUT2D eigenvalue weighted by atomic mass is 35.5. The van der Waals surface area contributed by atoms with Crippen molar-refractivity contribution in [3.05, 3.63) is 28.8 Å². The zero-order valence-electron chi connectivity index (χ0n) is 11.3. The number of anilines is 1. The van der Waals surface area contributed by atoms with Gasteiger partial charge in [0.25, 0.3) is 0 Å². The maximum atomic E-state index is 11.3. The molecule has 1 atom stereocenters. The Balaban J connectivity index is 2.30. The van der Waals surface area contributed by atoms with Crippen LogP contribution in [-0.2, 0) is 0 Å². The molecule has 0 amide bonds. The normalized spacial score (nSPS) is 20.6. The minimum atomic E-state index is -0.928. The van der Waals surface area contributed by atoms with E-state index in [-0.39, 0.29) is 5.56 Å². The molecule has 1 N–H and O–H groups in total. The summed E-state index contributed by atoms with van der Waals surface area (Å²) in [4.78, 5) is 15.8. The van der Waals surface area contributed by atoms with Crippen LogP contribution in [0.15, 0.2) is 18.2 Å². The van der Waals surface area contributed by atoms with Gasteiger partial charge in [0, 0.05) is 25.7 Å². The Labute approximate surface area is 118 Å². The number of hydrogen-bond acceptors (Lipinski definition) is 3. The fourth-order valence-corrected chi connectivity index (χ4v) is 2.97. The number of para-hydroxylation sites is 1. The van der Waals surface area contributed by atoms with Gasteiger partial charge in [0.2, 0.25) is 0 Å². The van der Waals surface area contributed by atoms with Crippen molar-refractivity contribution < 1.29 is 9.90 Å². The zero-order chi connectivity index (χ0) is 14.0. The number of halogens is 1. The Hall–Kier alpha value is -1.26. The summed E-state index contributed by atoms with van der Waals surface area (Å²) in [5, 5.41) is 9.80. The smallest absolute Gasteiger partial charge is 0.337 e. The molecule has 5 heteroatoms. The lowest BCUT2D eigenvalue weighted by Gasteiger charge is -2.41. The number of piperazine rings is 1. The number of benzene rings is 1. The van der Waals surface area contributed by atoms with Gasteiger partial charge < -0.3 is 10.0 Å². The number of carbonyl (C=O) groups is 1. The number of nitrogens with zero attached hydrogens (tertiary/aromatic N) is 2. The molecule has 4 nitrogen and oxygen atoms in total. The molecular formula is C14H19ClN2O2. The SMILES string of the molecule is CCN1CCN(c2c(Cl)cccc2C(=O)O)CC1C. The number of rotatable bonds is 3. The van der Waals surface area contributed by atoms with Gasteiger partial charge in [-0.25, -0.2) is 4.79 Å². The molecule has 0 aliphatic carbocycles. The lowest BCUT2D eigenvalue weighted by molar-refractivity contribution is 0.0697. The van der Waals surface area contributed by atoms with E-state index in [1.807, 2.05) is 0 Å². The van der Waals surface area contributed by atoms with Crippen molar-refractivity contribution in [3.8, 4) is 0 Å². The second-order valence-corrected chi connectivity index (χ2v) is 5.27. The molecule has 1 unspecified atom stereocenters. The van der Waals surface area contributed by atoms with Crippen LogP contribution < -0.4 is 4.90 Å². The van der Waals surface area contributed by atoms with E-state index >= 15 is 0 Å². The maximum absolute atomic E-state index is 11.3. The van der Waals surface area contributed by atoms with E-state index in [9.17, 15) is 9.90 Å². The number of aromatic carboxylic acids is 1. The largest absolute Gasteiger partial charge is 0.478 e. The third-order valence-electron chi connectivity index (χ3n) is 3.70. The average molecular weight is 283 g/mol. The summed E-state index contributed by atoms with van der Waals surface area (Å²) in [6, 6.07) is 5.44. The summed E-state index contributed by atoms with van der Waals surface area (Å²) >= 11 is 6.21. The lowest BCUT2D eigenvalue weighted by atomic mass is 10.1. The minimum absolute atomic E-state index is 0.282. The quantitative estimate of drug-likeness (QED) is 0.925. The van der Waals surface area contributed by atoms with Crippen LogP contribution in [0, 0.1) is 0 Å². The van der Waals surface area contributed by atoms with Gasteiger partial charge in [-0.2, -0.15) is 0 Å². The van der Waals surface area contributed by atoms with E-state index in [1.54, 1.807) is 18.2 Å². The van der Waals surface area contributed by atoms with Gasteiger partial charge in [-0.1, -0.05) is 24.6 Å². The second kappa shape index (κ2) is 5.80. The van der Waals surface area contributed by atoms with Crippen molar-refractivity contribution >= 4 is 23.3 Å². The van der Waals surface area contributed by atoms with Gasteiger partial charge in [-0.3, -0.25) is 4.90 Å². The standard InChI is InChI=1S/C14H19ClN2O2/c1-3-16-7-8-17(9-10(16)2)13-11(14(18)19)5-4-6-12(13)15/h4-6,10H,3,7-9H2,1-2H3,(H,18,19). The molecule has 1 aliphatic rings. The van der Waals surface area contributed by atoms with Crippen LogP contribution in [0.1, 0.15) is 24.2 Å². The first-order valence-corrected chi connectivity index (χ1v) is 6.93. The molecule has 0 bridgehead atoms. The molecule has 0 spiro atoms. The van der Waals surface area contributed by atoms with Crippen molar-refractivity contribution in [2.24, 2.45) is 0 Å². The maximum Gasteiger partial charge on any atom is 0.337 e. The van der Waals surface area contributed by atoms with Crippen LogP contribution in [-0.4, -0.2) is 48.2 Å². The first-order chi connectivity index (χ1) is 9.04. The molecule has 1 heterocycles. The predicted molar refractivity (Wildman–Crippen MR) is 77.3 cm³/mol. The van der Waals surface area contributed by atoms with E-state index in [2.05, 4.69) is 23.6 Å². The van der Waals surface area contributed by atoms with Crippen LogP contribution in [0.4, 0.5) is 5.69 Å². The van der Waals surface area contributed by atoms with E-state index in [0.717, 1.165) is 26.2 Å². The average Bonchev–Trinajstić information content (AvgIpc) is 2.38. The van der Waals surface area contributed by atoms with E-state index in [4.69, 9.17) is 11.6 Å². The molecule has 1 fully saturated rings. The van der Waals surface area contributed by atoms with Crippen molar-refractivity contribution in [3.63, 3.8) is 0 Å². The highest BCUT2D eigenvalue weighted by Gasteiger charge is 2.26. The first kappa shape index (κ1) is 14.2. The monoisotopic (exact) mass is 282 g/mol. The van der Waals surface area contributed by atoms with Gasteiger partial charge in [0.05, 0.1) is 16.3 Å². The number of likely N-dealkylation sites (N-methyl/N-ethyl adjacent to an activating group) is 1. The molecule has 104 valence electrons. The first-order valence-electron chi connectivity index (χ1n) is 6.55. The summed E-state index contributed by atoms with van der Waals surface area (Å²) in [7, 11) is 0. The topological polar surface area (TPSA) is 43.8 Å². The third kappa shape index (κ3) is 2.85. The minimum Gasteiger partial charge on any atom is -0.478 e. The summed E-state index contributed by atoms with van der Waals surface area (Å²) in [5.74, 6) is -0.928. The van der Waals surface area contributed by atoms with Gasteiger partial charge in [0.15, 0.2) is 0 Å². The summed E-state index contributed by atoms with van der Waals surface area (Å²) in [6.07, 6.45) is 0. The number of hydrogen-bond donors (Lipinski definition) is 1. The molecule has 1 saturated heterocycles. The molecule has 1 aliphatic heterocycles. The Morgan fingerprint density at radius 3 is 2.79 bits per heavy atom. The molecule has 1 aromatic carbocycles. The molecule has 1 aromatic rings. The van der Waals surface area contributed by atoms with Crippen LogP contribution in [0.5, 0.6) is 0 Å². The van der Waals surface area contributed by atoms with Gasteiger partial charge in [-0.05, 0) is 25.6 Å². The van der Waals surface area contributed by atoms with Gasteiger partial charge >= 0.3 is 5.97 Å². The fourth-order valence-electron chi connectivity index (χ4n) is 2.68. The highest BCUT2D eigenvalue weighted by molar-refractivity contribution is 6.34. The Morgan fingerprint density at radius 2 is 2.21 bits per heavy atom. The highest BCUT2D eigenvalue weighted by Crippen LogP contribution is 2.31. The van der Waals surface area contributed by atoms with E-state index in [1.165, 1.54) is 0 Å². The molecule has 2 rings (SSSR count).